The van der Waals surface area contributed by atoms with E-state index in [0.29, 0.717) is 36.8 Å². The molecule has 1 aliphatic rings. The Morgan fingerprint density at radius 2 is 2.20 bits per heavy atom. The van der Waals surface area contributed by atoms with Gasteiger partial charge in [-0.1, -0.05) is 11.6 Å². The Labute approximate surface area is 123 Å². The molecular weight excluding hydrogens is 280 g/mol. The van der Waals surface area contributed by atoms with Gasteiger partial charge in [-0.15, -0.1) is 0 Å². The first-order valence-electron chi connectivity index (χ1n) is 6.91. The van der Waals surface area contributed by atoms with Gasteiger partial charge in [-0.25, -0.2) is 4.79 Å². The predicted molar refractivity (Wildman–Crippen MR) is 75.8 cm³/mol. The van der Waals surface area contributed by atoms with Crippen LogP contribution in [0.1, 0.15) is 37.2 Å². The molecule has 1 aromatic heterocycles. The quantitative estimate of drug-likeness (QED) is 0.802. The number of amides is 1. The number of carbonyl (C=O) groups is 2. The van der Waals surface area contributed by atoms with E-state index in [1.165, 1.54) is 0 Å². The molecule has 2 heterocycles. The lowest BCUT2D eigenvalue weighted by Crippen LogP contribution is -2.42. The lowest BCUT2D eigenvalue weighted by molar-refractivity contribution is -0.147. The molecule has 0 aromatic carbocycles. The van der Waals surface area contributed by atoms with E-state index in [1.54, 1.807) is 28.7 Å². The van der Waals surface area contributed by atoms with Crippen LogP contribution in [0.15, 0.2) is 12.3 Å². The summed E-state index contributed by atoms with van der Waals surface area (Å²) in [5.74, 6) is -0.478. The Kier molecular flexibility index (Phi) is 4.70. The maximum atomic E-state index is 12.6. The lowest BCUT2D eigenvalue weighted by atomic mass is 10.2. The number of halogens is 1. The van der Waals surface area contributed by atoms with Gasteiger partial charge in [0.15, 0.2) is 0 Å². The first kappa shape index (κ1) is 14.9. The highest BCUT2D eigenvalue weighted by Crippen LogP contribution is 2.23. The summed E-state index contributed by atoms with van der Waals surface area (Å²) < 4.78 is 6.83. The van der Waals surface area contributed by atoms with Crippen molar-refractivity contribution >= 4 is 23.5 Å². The van der Waals surface area contributed by atoms with Crippen LogP contribution in [0.4, 0.5) is 0 Å². The normalized spacial score (nSPS) is 18.4. The van der Waals surface area contributed by atoms with Crippen molar-refractivity contribution in [1.82, 2.24) is 9.47 Å². The van der Waals surface area contributed by atoms with E-state index in [9.17, 15) is 9.59 Å². The van der Waals surface area contributed by atoms with Gasteiger partial charge in [-0.05, 0) is 32.8 Å². The molecular formula is C14H19ClN2O3. The van der Waals surface area contributed by atoms with Gasteiger partial charge in [-0.3, -0.25) is 4.79 Å². The molecule has 1 saturated heterocycles. The highest BCUT2D eigenvalue weighted by Gasteiger charge is 2.36. The van der Waals surface area contributed by atoms with Gasteiger partial charge in [0.1, 0.15) is 11.7 Å². The molecule has 0 spiro atoms. The van der Waals surface area contributed by atoms with Gasteiger partial charge >= 0.3 is 5.97 Å². The Bertz CT molecular complexity index is 513. The zero-order chi connectivity index (χ0) is 14.7. The molecule has 1 atom stereocenters. The minimum atomic E-state index is -0.471. The van der Waals surface area contributed by atoms with Crippen molar-refractivity contribution in [2.24, 2.45) is 0 Å². The summed E-state index contributed by atoms with van der Waals surface area (Å²) in [6, 6.07) is 1.18. The van der Waals surface area contributed by atoms with E-state index in [-0.39, 0.29) is 11.9 Å². The minimum Gasteiger partial charge on any atom is -0.464 e. The molecule has 0 bridgehead atoms. The zero-order valence-corrected chi connectivity index (χ0v) is 12.5. The van der Waals surface area contributed by atoms with Crippen LogP contribution >= 0.6 is 11.6 Å². The number of hydrogen-bond acceptors (Lipinski definition) is 3. The van der Waals surface area contributed by atoms with E-state index in [4.69, 9.17) is 16.3 Å². The topological polar surface area (TPSA) is 51.5 Å². The summed E-state index contributed by atoms with van der Waals surface area (Å²) in [6.45, 7) is 5.27. The van der Waals surface area contributed by atoms with Crippen molar-refractivity contribution in [3.05, 3.63) is 23.0 Å². The fourth-order valence-electron chi connectivity index (χ4n) is 2.56. The van der Waals surface area contributed by atoms with Gasteiger partial charge in [0.05, 0.1) is 11.6 Å². The van der Waals surface area contributed by atoms with Crippen LogP contribution in [-0.4, -0.2) is 40.5 Å². The van der Waals surface area contributed by atoms with E-state index in [1.807, 2.05) is 6.92 Å². The molecule has 5 nitrogen and oxygen atoms in total. The molecule has 6 heteroatoms. The third-order valence-corrected chi connectivity index (χ3v) is 3.70. The Morgan fingerprint density at radius 1 is 1.45 bits per heavy atom. The molecule has 0 radical (unpaired) electrons. The van der Waals surface area contributed by atoms with Gasteiger partial charge in [0, 0.05) is 19.3 Å². The minimum absolute atomic E-state index is 0.158. The van der Waals surface area contributed by atoms with Crippen LogP contribution < -0.4 is 0 Å². The van der Waals surface area contributed by atoms with Gasteiger partial charge in [0.2, 0.25) is 0 Å². The number of aromatic nitrogens is 1. The highest BCUT2D eigenvalue weighted by molar-refractivity contribution is 6.31. The summed E-state index contributed by atoms with van der Waals surface area (Å²) in [7, 11) is 0. The van der Waals surface area contributed by atoms with Gasteiger partial charge in [-0.2, -0.15) is 0 Å². The lowest BCUT2D eigenvalue weighted by Gasteiger charge is -2.23. The molecule has 1 aromatic rings. The average molecular weight is 299 g/mol. The van der Waals surface area contributed by atoms with Gasteiger partial charge < -0.3 is 14.2 Å². The van der Waals surface area contributed by atoms with E-state index < -0.39 is 6.04 Å². The number of carbonyl (C=O) groups excluding carboxylic acids is 2. The van der Waals surface area contributed by atoms with Crippen LogP contribution in [0.3, 0.4) is 0 Å². The molecule has 20 heavy (non-hydrogen) atoms. The number of hydrogen-bond donors (Lipinski definition) is 0. The molecule has 2 rings (SSSR count). The fourth-order valence-corrected chi connectivity index (χ4v) is 2.78. The smallest absolute Gasteiger partial charge is 0.328 e. The monoisotopic (exact) mass is 298 g/mol. The third-order valence-electron chi connectivity index (χ3n) is 3.50. The standard InChI is InChI=1S/C14H19ClN2O3/c1-3-16-9-10(15)8-12(16)13(18)17-7-5-6-11(17)14(19)20-4-2/h8-9,11H,3-7H2,1-2H3. The average Bonchev–Trinajstić information content (AvgIpc) is 3.04. The summed E-state index contributed by atoms with van der Waals surface area (Å²) >= 11 is 5.96. The van der Waals surface area contributed by atoms with Crippen LogP contribution in [0.5, 0.6) is 0 Å². The number of aryl methyl sites for hydroxylation is 1. The Morgan fingerprint density at radius 3 is 2.85 bits per heavy atom. The van der Waals surface area contributed by atoms with Crippen LogP contribution in [0, 0.1) is 0 Å². The summed E-state index contributed by atoms with van der Waals surface area (Å²) in [5.41, 5.74) is 0.522. The molecule has 1 amide bonds. The first-order valence-corrected chi connectivity index (χ1v) is 7.29. The number of esters is 1. The first-order chi connectivity index (χ1) is 9.58. The zero-order valence-electron chi connectivity index (χ0n) is 11.8. The van der Waals surface area contributed by atoms with Crippen molar-refractivity contribution in [2.45, 2.75) is 39.3 Å². The van der Waals surface area contributed by atoms with Gasteiger partial charge in [0.25, 0.3) is 5.91 Å². The van der Waals surface area contributed by atoms with E-state index in [2.05, 4.69) is 0 Å². The van der Waals surface area contributed by atoms with Crippen molar-refractivity contribution in [1.29, 1.82) is 0 Å². The second kappa shape index (κ2) is 6.31. The molecule has 1 fully saturated rings. The van der Waals surface area contributed by atoms with Crippen molar-refractivity contribution in [2.75, 3.05) is 13.2 Å². The molecule has 1 aliphatic heterocycles. The second-order valence-corrected chi connectivity index (χ2v) is 5.17. The highest BCUT2D eigenvalue weighted by atomic mass is 35.5. The fraction of sp³-hybridized carbons (Fsp3) is 0.571. The van der Waals surface area contributed by atoms with Crippen molar-refractivity contribution in [3.8, 4) is 0 Å². The van der Waals surface area contributed by atoms with Crippen molar-refractivity contribution in [3.63, 3.8) is 0 Å². The van der Waals surface area contributed by atoms with E-state index in [0.717, 1.165) is 6.42 Å². The maximum absolute atomic E-state index is 12.6. The molecule has 0 saturated carbocycles. The second-order valence-electron chi connectivity index (χ2n) is 4.74. The molecule has 110 valence electrons. The molecule has 0 aliphatic carbocycles. The maximum Gasteiger partial charge on any atom is 0.328 e. The summed E-state index contributed by atoms with van der Waals surface area (Å²) in [4.78, 5) is 26.1. The predicted octanol–water partition coefficient (Wildman–Crippen LogP) is 2.33. The van der Waals surface area contributed by atoms with Crippen LogP contribution in [0.2, 0.25) is 5.02 Å². The van der Waals surface area contributed by atoms with Crippen LogP contribution in [-0.2, 0) is 16.1 Å². The number of ether oxygens (including phenoxy) is 1. The SMILES string of the molecule is CCOC(=O)C1CCCN1C(=O)c1cc(Cl)cn1CC. The largest absolute Gasteiger partial charge is 0.464 e. The number of rotatable bonds is 4. The number of likely N-dealkylation sites (tertiary alicyclic amines) is 1. The summed E-state index contributed by atoms with van der Waals surface area (Å²) in [6.07, 6.45) is 3.20. The van der Waals surface area contributed by atoms with Crippen LogP contribution in [0.25, 0.3) is 0 Å². The summed E-state index contributed by atoms with van der Waals surface area (Å²) in [5, 5.41) is 0.530. The Hall–Kier alpha value is -1.49. The number of nitrogens with zero attached hydrogens (tertiary/aromatic N) is 2. The third kappa shape index (κ3) is 2.82. The molecule has 1 unspecified atom stereocenters. The molecule has 0 N–H and O–H groups in total. The van der Waals surface area contributed by atoms with Crippen molar-refractivity contribution < 1.29 is 14.3 Å². The van der Waals surface area contributed by atoms with E-state index >= 15 is 0 Å². The Balaban J connectivity index is 2.21.